The maximum atomic E-state index is 3.60. The lowest BCUT2D eigenvalue weighted by Crippen LogP contribution is -2.28. The Bertz CT molecular complexity index is 1100. The van der Waals surface area contributed by atoms with Gasteiger partial charge in [-0.3, -0.25) is 0 Å². The SMILES string of the molecule is CC(C)Nc1ccc2c(c1)C(c1ccccc1)(c1ccccc1)c1ccccc1-2. The fraction of sp³-hybridized carbons (Fsp3) is 0.143. The van der Waals surface area contributed by atoms with Gasteiger partial charge in [-0.2, -0.15) is 0 Å². The lowest BCUT2D eigenvalue weighted by atomic mass is 9.67. The summed E-state index contributed by atoms with van der Waals surface area (Å²) in [6.45, 7) is 4.37. The minimum absolute atomic E-state index is 0.316. The van der Waals surface area contributed by atoms with E-state index in [1.807, 2.05) is 0 Å². The van der Waals surface area contributed by atoms with Gasteiger partial charge in [0.15, 0.2) is 0 Å². The highest BCUT2D eigenvalue weighted by Gasteiger charge is 2.45. The molecule has 1 aliphatic carbocycles. The van der Waals surface area contributed by atoms with Gasteiger partial charge in [-0.25, -0.2) is 0 Å². The normalized spacial score (nSPS) is 13.8. The first kappa shape index (κ1) is 17.8. The Morgan fingerprint density at radius 1 is 0.586 bits per heavy atom. The summed E-state index contributed by atoms with van der Waals surface area (Å²) in [5.41, 5.74) is 8.81. The van der Waals surface area contributed by atoms with E-state index in [0.29, 0.717) is 6.04 Å². The molecule has 142 valence electrons. The van der Waals surface area contributed by atoms with Gasteiger partial charge in [0, 0.05) is 11.7 Å². The van der Waals surface area contributed by atoms with Crippen molar-refractivity contribution in [2.24, 2.45) is 0 Å². The molecule has 0 bridgehead atoms. The third-order valence-corrected chi connectivity index (χ3v) is 5.91. The fourth-order valence-electron chi connectivity index (χ4n) is 4.87. The Hall–Kier alpha value is -3.32. The van der Waals surface area contributed by atoms with Crippen LogP contribution < -0.4 is 5.32 Å². The fourth-order valence-corrected chi connectivity index (χ4v) is 4.87. The predicted molar refractivity (Wildman–Crippen MR) is 123 cm³/mol. The molecule has 0 radical (unpaired) electrons. The Labute approximate surface area is 173 Å². The van der Waals surface area contributed by atoms with Crippen LogP contribution in [0.2, 0.25) is 0 Å². The van der Waals surface area contributed by atoms with Crippen LogP contribution in [0.5, 0.6) is 0 Å². The van der Waals surface area contributed by atoms with E-state index in [-0.39, 0.29) is 5.41 Å². The smallest absolute Gasteiger partial charge is 0.0714 e. The Morgan fingerprint density at radius 3 is 1.76 bits per heavy atom. The van der Waals surface area contributed by atoms with Crippen molar-refractivity contribution in [2.45, 2.75) is 25.3 Å². The second-order valence-corrected chi connectivity index (χ2v) is 8.09. The van der Waals surface area contributed by atoms with Crippen LogP contribution >= 0.6 is 0 Å². The molecule has 0 unspecified atom stereocenters. The summed E-state index contributed by atoms with van der Waals surface area (Å²) in [7, 11) is 0. The first-order valence-electron chi connectivity index (χ1n) is 10.3. The number of hydrogen-bond acceptors (Lipinski definition) is 1. The molecule has 4 aromatic carbocycles. The average molecular weight is 376 g/mol. The topological polar surface area (TPSA) is 12.0 Å². The van der Waals surface area contributed by atoms with Gasteiger partial charge in [-0.1, -0.05) is 91.0 Å². The van der Waals surface area contributed by atoms with Crippen molar-refractivity contribution in [2.75, 3.05) is 5.32 Å². The molecule has 29 heavy (non-hydrogen) atoms. The van der Waals surface area contributed by atoms with Crippen molar-refractivity contribution in [3.8, 4) is 11.1 Å². The number of benzene rings is 4. The van der Waals surface area contributed by atoms with E-state index in [4.69, 9.17) is 0 Å². The van der Waals surface area contributed by atoms with E-state index in [1.54, 1.807) is 0 Å². The second-order valence-electron chi connectivity index (χ2n) is 8.09. The molecular formula is C28H25N. The minimum Gasteiger partial charge on any atom is -0.383 e. The molecule has 0 aromatic heterocycles. The summed E-state index contributed by atoms with van der Waals surface area (Å²) in [5.74, 6) is 0. The van der Waals surface area contributed by atoms with Crippen LogP contribution in [-0.2, 0) is 5.41 Å². The highest BCUT2D eigenvalue weighted by atomic mass is 14.9. The molecule has 5 rings (SSSR count). The molecule has 0 saturated carbocycles. The number of rotatable bonds is 4. The zero-order valence-electron chi connectivity index (χ0n) is 16.9. The molecule has 0 fully saturated rings. The van der Waals surface area contributed by atoms with Crippen molar-refractivity contribution >= 4 is 5.69 Å². The maximum Gasteiger partial charge on any atom is 0.0714 e. The van der Waals surface area contributed by atoms with E-state index < -0.39 is 0 Å². The Morgan fingerprint density at radius 2 is 1.14 bits per heavy atom. The Kier molecular flexibility index (Phi) is 4.24. The molecule has 1 N–H and O–H groups in total. The van der Waals surface area contributed by atoms with Gasteiger partial charge in [0.25, 0.3) is 0 Å². The number of anilines is 1. The lowest BCUT2D eigenvalue weighted by Gasteiger charge is -2.34. The third-order valence-electron chi connectivity index (χ3n) is 5.91. The van der Waals surface area contributed by atoms with Crippen LogP contribution in [0.4, 0.5) is 5.69 Å². The minimum atomic E-state index is -0.316. The number of fused-ring (bicyclic) bond motifs is 3. The van der Waals surface area contributed by atoms with Crippen LogP contribution in [0, 0.1) is 0 Å². The van der Waals surface area contributed by atoms with E-state index in [0.717, 1.165) is 0 Å². The predicted octanol–water partition coefficient (Wildman–Crippen LogP) is 6.87. The average Bonchev–Trinajstić information content (AvgIpc) is 3.05. The quantitative estimate of drug-likeness (QED) is 0.361. The number of nitrogens with one attached hydrogen (secondary N) is 1. The van der Waals surface area contributed by atoms with E-state index in [9.17, 15) is 0 Å². The largest absolute Gasteiger partial charge is 0.383 e. The van der Waals surface area contributed by atoms with Gasteiger partial charge in [0.05, 0.1) is 5.41 Å². The molecule has 4 aromatic rings. The summed E-state index contributed by atoms with van der Waals surface area (Å²) in [5, 5.41) is 3.60. The second kappa shape index (κ2) is 6.93. The van der Waals surface area contributed by atoms with Gasteiger partial charge in [0.1, 0.15) is 0 Å². The molecule has 0 amide bonds. The maximum absolute atomic E-state index is 3.60. The van der Waals surface area contributed by atoms with Crippen molar-refractivity contribution < 1.29 is 0 Å². The molecular weight excluding hydrogens is 350 g/mol. The highest BCUT2D eigenvalue weighted by molar-refractivity contribution is 5.87. The molecule has 0 aliphatic heterocycles. The van der Waals surface area contributed by atoms with Crippen LogP contribution in [-0.4, -0.2) is 6.04 Å². The van der Waals surface area contributed by atoms with Crippen LogP contribution in [0.3, 0.4) is 0 Å². The molecule has 0 atom stereocenters. The van der Waals surface area contributed by atoms with Crippen LogP contribution in [0.15, 0.2) is 103 Å². The van der Waals surface area contributed by atoms with Crippen molar-refractivity contribution in [1.29, 1.82) is 0 Å². The van der Waals surface area contributed by atoms with Gasteiger partial charge >= 0.3 is 0 Å². The molecule has 0 saturated heterocycles. The van der Waals surface area contributed by atoms with E-state index in [1.165, 1.54) is 39.1 Å². The molecule has 1 aliphatic rings. The molecule has 0 heterocycles. The monoisotopic (exact) mass is 375 g/mol. The van der Waals surface area contributed by atoms with Gasteiger partial charge in [-0.05, 0) is 59.4 Å². The zero-order valence-corrected chi connectivity index (χ0v) is 16.9. The standard InChI is InChI=1S/C28H25N/c1-20(2)29-23-17-18-25-24-15-9-10-16-26(24)28(27(25)19-23,21-11-5-3-6-12-21)22-13-7-4-8-14-22/h3-20,29H,1-2H3. The van der Waals surface area contributed by atoms with Crippen molar-refractivity contribution in [1.82, 2.24) is 0 Å². The molecule has 1 heteroatoms. The van der Waals surface area contributed by atoms with Crippen molar-refractivity contribution in [3.05, 3.63) is 125 Å². The summed E-state index contributed by atoms with van der Waals surface area (Å²) in [6.07, 6.45) is 0. The first-order valence-corrected chi connectivity index (χ1v) is 10.3. The van der Waals surface area contributed by atoms with E-state index >= 15 is 0 Å². The number of hydrogen-bond donors (Lipinski definition) is 1. The summed E-state index contributed by atoms with van der Waals surface area (Å²) in [4.78, 5) is 0. The summed E-state index contributed by atoms with van der Waals surface area (Å²) >= 11 is 0. The molecule has 1 nitrogen and oxygen atoms in total. The van der Waals surface area contributed by atoms with Gasteiger partial charge in [0.2, 0.25) is 0 Å². The van der Waals surface area contributed by atoms with Gasteiger partial charge < -0.3 is 5.32 Å². The summed E-state index contributed by atoms with van der Waals surface area (Å²) in [6, 6.07) is 38.0. The third kappa shape index (κ3) is 2.69. The first-order chi connectivity index (χ1) is 14.2. The van der Waals surface area contributed by atoms with E-state index in [2.05, 4.69) is 122 Å². The van der Waals surface area contributed by atoms with Gasteiger partial charge in [-0.15, -0.1) is 0 Å². The Balaban J connectivity index is 1.90. The highest BCUT2D eigenvalue weighted by Crippen LogP contribution is 2.56. The summed E-state index contributed by atoms with van der Waals surface area (Å²) < 4.78 is 0. The molecule has 0 spiro atoms. The zero-order chi connectivity index (χ0) is 19.8. The van der Waals surface area contributed by atoms with Crippen LogP contribution in [0.25, 0.3) is 11.1 Å². The lowest BCUT2D eigenvalue weighted by molar-refractivity contribution is 0.768. The van der Waals surface area contributed by atoms with Crippen molar-refractivity contribution in [3.63, 3.8) is 0 Å². The van der Waals surface area contributed by atoms with Crippen LogP contribution in [0.1, 0.15) is 36.1 Å².